The van der Waals surface area contributed by atoms with Gasteiger partial charge in [-0.25, -0.2) is 4.79 Å². The van der Waals surface area contributed by atoms with Crippen molar-refractivity contribution < 1.29 is 9.59 Å². The topological polar surface area (TPSA) is 96.0 Å². The molecule has 0 bridgehead atoms. The lowest BCUT2D eigenvalue weighted by Gasteiger charge is -2.23. The Balaban J connectivity index is 1.66. The summed E-state index contributed by atoms with van der Waals surface area (Å²) in [7, 11) is 0. The minimum absolute atomic E-state index is 0.0840. The maximum Gasteiger partial charge on any atom is 0.319 e. The summed E-state index contributed by atoms with van der Waals surface area (Å²) in [6, 6.07) is 13.2. The molecule has 0 fully saturated rings. The summed E-state index contributed by atoms with van der Waals surface area (Å²) in [5.74, 6) is -0.432. The number of benzene rings is 2. The van der Waals surface area contributed by atoms with E-state index in [1.807, 2.05) is 38.1 Å². The monoisotopic (exact) mass is 521 g/mol. The summed E-state index contributed by atoms with van der Waals surface area (Å²) in [4.78, 5) is 25.3. The Kier molecular flexibility index (Phi) is 8.00. The summed E-state index contributed by atoms with van der Waals surface area (Å²) >= 11 is 10.5. The molecule has 1 heterocycles. The zero-order valence-corrected chi connectivity index (χ0v) is 20.0. The molecule has 0 saturated heterocycles. The number of carbonyl (C=O) groups excluding carboxylic acids is 2. The van der Waals surface area contributed by atoms with Crippen molar-refractivity contribution in [2.45, 2.75) is 26.3 Å². The van der Waals surface area contributed by atoms with E-state index >= 15 is 0 Å². The second kappa shape index (κ2) is 10.7. The van der Waals surface area contributed by atoms with Crippen LogP contribution < -0.4 is 16.0 Å². The van der Waals surface area contributed by atoms with Crippen LogP contribution in [0.3, 0.4) is 0 Å². The molecule has 3 N–H and O–H groups in total. The highest BCUT2D eigenvalue weighted by molar-refractivity contribution is 9.10. The molecule has 162 valence electrons. The van der Waals surface area contributed by atoms with Crippen molar-refractivity contribution in [3.63, 3.8) is 0 Å². The predicted molar refractivity (Wildman–Crippen MR) is 129 cm³/mol. The third kappa shape index (κ3) is 6.49. The van der Waals surface area contributed by atoms with Crippen molar-refractivity contribution in [2.24, 2.45) is 5.92 Å². The number of hydrogen-bond acceptors (Lipinski definition) is 5. The van der Waals surface area contributed by atoms with Gasteiger partial charge in [-0.15, -0.1) is 10.2 Å². The highest BCUT2D eigenvalue weighted by Crippen LogP contribution is 2.27. The van der Waals surface area contributed by atoms with Crippen LogP contribution in [0.5, 0.6) is 0 Å². The van der Waals surface area contributed by atoms with Gasteiger partial charge in [-0.2, -0.15) is 0 Å². The highest BCUT2D eigenvalue weighted by atomic mass is 79.9. The van der Waals surface area contributed by atoms with Crippen molar-refractivity contribution in [3.05, 3.63) is 58.0 Å². The van der Waals surface area contributed by atoms with Crippen molar-refractivity contribution in [2.75, 3.05) is 10.6 Å². The smallest absolute Gasteiger partial charge is 0.319 e. The fraction of sp³-hybridized carbons (Fsp3) is 0.238. The number of rotatable bonds is 7. The van der Waals surface area contributed by atoms with Gasteiger partial charge in [-0.1, -0.05) is 71.3 Å². The summed E-state index contributed by atoms with van der Waals surface area (Å²) in [5.41, 5.74) is 1.48. The first-order valence-corrected chi connectivity index (χ1v) is 11.6. The number of aromatic nitrogens is 2. The SMILES string of the molecule is CC[C@H](C)[C@H](NC(=O)Nc1ccc(Br)cc1)C(=O)Nc1nnc(-c2ccc(Cl)cc2)s1. The van der Waals surface area contributed by atoms with E-state index in [9.17, 15) is 9.59 Å². The Morgan fingerprint density at radius 3 is 2.39 bits per heavy atom. The molecule has 10 heteroatoms. The molecule has 0 unspecified atom stereocenters. The molecule has 1 aromatic heterocycles. The summed E-state index contributed by atoms with van der Waals surface area (Å²) in [6.45, 7) is 3.87. The number of nitrogens with one attached hydrogen (secondary N) is 3. The molecule has 2 atom stereocenters. The quantitative estimate of drug-likeness (QED) is 0.366. The van der Waals surface area contributed by atoms with Crippen LogP contribution in [-0.4, -0.2) is 28.2 Å². The lowest BCUT2D eigenvalue weighted by molar-refractivity contribution is -0.119. The maximum absolute atomic E-state index is 12.9. The van der Waals surface area contributed by atoms with Crippen molar-refractivity contribution in [1.82, 2.24) is 15.5 Å². The Labute approximate surface area is 197 Å². The van der Waals surface area contributed by atoms with Gasteiger partial charge in [0.05, 0.1) is 0 Å². The molecule has 0 radical (unpaired) electrons. The van der Waals surface area contributed by atoms with Gasteiger partial charge in [0.25, 0.3) is 0 Å². The summed E-state index contributed by atoms with van der Waals surface area (Å²) < 4.78 is 0.908. The number of amides is 3. The van der Waals surface area contributed by atoms with Gasteiger partial charge in [0.15, 0.2) is 0 Å². The number of urea groups is 1. The lowest BCUT2D eigenvalue weighted by atomic mass is 9.98. The first kappa shape index (κ1) is 23.2. The molecule has 0 spiro atoms. The molecular weight excluding hydrogens is 502 g/mol. The van der Waals surface area contributed by atoms with Crippen molar-refractivity contribution in [1.29, 1.82) is 0 Å². The van der Waals surface area contributed by atoms with Gasteiger partial charge in [0.2, 0.25) is 11.0 Å². The Hall–Kier alpha value is -2.49. The number of hydrogen-bond donors (Lipinski definition) is 3. The number of nitrogens with zero attached hydrogens (tertiary/aromatic N) is 2. The highest BCUT2D eigenvalue weighted by Gasteiger charge is 2.27. The van der Waals surface area contributed by atoms with E-state index in [1.165, 1.54) is 11.3 Å². The number of halogens is 2. The molecule has 0 aliphatic rings. The van der Waals surface area contributed by atoms with E-state index in [0.29, 0.717) is 27.3 Å². The third-order valence-electron chi connectivity index (χ3n) is 4.63. The van der Waals surface area contributed by atoms with Crippen LogP contribution in [0.15, 0.2) is 53.0 Å². The van der Waals surface area contributed by atoms with E-state index in [4.69, 9.17) is 11.6 Å². The van der Waals surface area contributed by atoms with Crippen molar-refractivity contribution in [3.8, 4) is 10.6 Å². The fourth-order valence-corrected chi connectivity index (χ4v) is 3.85. The van der Waals surface area contributed by atoms with E-state index < -0.39 is 12.1 Å². The lowest BCUT2D eigenvalue weighted by Crippen LogP contribution is -2.49. The average Bonchev–Trinajstić information content (AvgIpc) is 3.22. The Bertz CT molecular complexity index is 1040. The van der Waals surface area contributed by atoms with E-state index in [2.05, 4.69) is 42.1 Å². The molecule has 3 aromatic rings. The van der Waals surface area contributed by atoms with Gasteiger partial charge in [-0.05, 0) is 42.3 Å². The molecular formula is C21H21BrClN5O2S. The van der Waals surface area contributed by atoms with Gasteiger partial charge in [0.1, 0.15) is 11.0 Å². The zero-order valence-electron chi connectivity index (χ0n) is 16.9. The van der Waals surface area contributed by atoms with E-state index in [-0.39, 0.29) is 11.8 Å². The molecule has 0 saturated carbocycles. The van der Waals surface area contributed by atoms with Crippen LogP contribution in [0.2, 0.25) is 5.02 Å². The van der Waals surface area contributed by atoms with E-state index in [0.717, 1.165) is 10.0 Å². The fourth-order valence-electron chi connectivity index (χ4n) is 2.71. The van der Waals surface area contributed by atoms with Crippen LogP contribution in [-0.2, 0) is 4.79 Å². The largest absolute Gasteiger partial charge is 0.326 e. The normalized spacial score (nSPS) is 12.6. The number of carbonyl (C=O) groups is 2. The molecule has 7 nitrogen and oxygen atoms in total. The zero-order chi connectivity index (χ0) is 22.4. The Morgan fingerprint density at radius 2 is 1.74 bits per heavy atom. The van der Waals surface area contributed by atoms with Gasteiger partial charge in [-0.3, -0.25) is 10.1 Å². The number of anilines is 2. The standard InChI is InChI=1S/C21H21BrClN5O2S/c1-3-12(2)17(25-20(30)24-16-10-6-14(22)7-11-16)18(29)26-21-28-27-19(31-21)13-4-8-15(23)9-5-13/h4-12,17H,3H2,1-2H3,(H2,24,25,30)(H,26,28,29)/t12-,17-/m0/s1. The van der Waals surface area contributed by atoms with Crippen molar-refractivity contribution >= 4 is 61.6 Å². The van der Waals surface area contributed by atoms with Crippen LogP contribution in [0, 0.1) is 5.92 Å². The first-order chi connectivity index (χ1) is 14.9. The molecule has 0 aliphatic heterocycles. The molecule has 3 rings (SSSR count). The second-order valence-corrected chi connectivity index (χ2v) is 9.21. The maximum atomic E-state index is 12.9. The Morgan fingerprint density at radius 1 is 1.06 bits per heavy atom. The minimum atomic E-state index is -0.733. The molecule has 3 amide bonds. The van der Waals surface area contributed by atoms with Crippen LogP contribution in [0.4, 0.5) is 15.6 Å². The average molecular weight is 523 g/mol. The summed E-state index contributed by atoms with van der Waals surface area (Å²) in [5, 5.41) is 18.1. The minimum Gasteiger partial charge on any atom is -0.326 e. The van der Waals surface area contributed by atoms with Gasteiger partial charge < -0.3 is 10.6 Å². The van der Waals surface area contributed by atoms with E-state index in [1.54, 1.807) is 24.3 Å². The van der Waals surface area contributed by atoms with Crippen LogP contribution >= 0.6 is 38.9 Å². The molecule has 0 aliphatic carbocycles. The van der Waals surface area contributed by atoms with Gasteiger partial charge >= 0.3 is 6.03 Å². The van der Waals surface area contributed by atoms with Crippen LogP contribution in [0.25, 0.3) is 10.6 Å². The molecule has 31 heavy (non-hydrogen) atoms. The predicted octanol–water partition coefficient (Wildman–Crippen LogP) is 5.80. The first-order valence-electron chi connectivity index (χ1n) is 9.59. The molecule has 2 aromatic carbocycles. The second-order valence-electron chi connectivity index (χ2n) is 6.88. The van der Waals surface area contributed by atoms with Gasteiger partial charge in [0, 0.05) is 20.7 Å². The van der Waals surface area contributed by atoms with Crippen LogP contribution in [0.1, 0.15) is 20.3 Å². The summed E-state index contributed by atoms with van der Waals surface area (Å²) in [6.07, 6.45) is 0.711. The third-order valence-corrected chi connectivity index (χ3v) is 6.30.